The van der Waals surface area contributed by atoms with E-state index in [0.29, 0.717) is 0 Å². The van der Waals surface area contributed by atoms with E-state index in [4.69, 9.17) is 0 Å². The van der Waals surface area contributed by atoms with Gasteiger partial charge in [0.2, 0.25) is 0 Å². The normalized spacial score (nSPS) is 17.2. The second kappa shape index (κ2) is 7.23. The second-order valence-corrected chi connectivity index (χ2v) is 7.07. The molecule has 0 unspecified atom stereocenters. The van der Waals surface area contributed by atoms with Gasteiger partial charge in [0.25, 0.3) is 0 Å². The topological polar surface area (TPSA) is 0 Å². The maximum atomic E-state index is 14.8. The van der Waals surface area contributed by atoms with E-state index in [0.717, 1.165) is 53.5 Å². The van der Waals surface area contributed by atoms with Crippen LogP contribution in [0.5, 0.6) is 0 Å². The highest BCUT2D eigenvalue weighted by atomic mass is 19.1. The monoisotopic (exact) mass is 332 g/mol. The molecule has 0 radical (unpaired) electrons. The second-order valence-electron chi connectivity index (χ2n) is 7.07. The summed E-state index contributed by atoms with van der Waals surface area (Å²) in [4.78, 5) is 0. The third-order valence-electron chi connectivity index (χ3n) is 4.89. The van der Waals surface area contributed by atoms with E-state index < -0.39 is 0 Å². The summed E-state index contributed by atoms with van der Waals surface area (Å²) in [5.41, 5.74) is 8.72. The summed E-state index contributed by atoms with van der Waals surface area (Å²) < 4.78 is 14.8. The van der Waals surface area contributed by atoms with Crippen LogP contribution in [-0.4, -0.2) is 0 Å². The van der Waals surface area contributed by atoms with Crippen LogP contribution in [0.4, 0.5) is 4.39 Å². The Balaban J connectivity index is 1.86. The van der Waals surface area contributed by atoms with E-state index in [-0.39, 0.29) is 5.83 Å². The van der Waals surface area contributed by atoms with Crippen molar-refractivity contribution in [2.45, 2.75) is 39.5 Å². The lowest BCUT2D eigenvalue weighted by Gasteiger charge is -2.23. The van der Waals surface area contributed by atoms with Crippen molar-refractivity contribution in [3.63, 3.8) is 0 Å². The van der Waals surface area contributed by atoms with Crippen LogP contribution in [0.3, 0.4) is 0 Å². The lowest BCUT2D eigenvalue weighted by Crippen LogP contribution is -2.06. The van der Waals surface area contributed by atoms with Crippen LogP contribution in [0.2, 0.25) is 0 Å². The average Bonchev–Trinajstić information content (AvgIpc) is 2.59. The molecule has 25 heavy (non-hydrogen) atoms. The van der Waals surface area contributed by atoms with Gasteiger partial charge in [0.05, 0.1) is 0 Å². The molecule has 0 bridgehead atoms. The zero-order chi connectivity index (χ0) is 18.0. The number of aryl methyl sites for hydroxylation is 2. The van der Waals surface area contributed by atoms with E-state index >= 15 is 0 Å². The van der Waals surface area contributed by atoms with Gasteiger partial charge in [-0.25, -0.2) is 4.39 Å². The van der Waals surface area contributed by atoms with E-state index in [9.17, 15) is 4.39 Å². The summed E-state index contributed by atoms with van der Waals surface area (Å²) in [6.07, 6.45) is 11.2. The standard InChI is InChI=1S/C24H25F/c1-16(2)5-7-18(4)19-11-12-23(24(25)15-19)22-10-9-20-13-17(3)6-8-21(20)14-22/h5-8,13-15H,1,4,9-12H2,2-3H3/b7-5-. The van der Waals surface area contributed by atoms with Crippen molar-refractivity contribution >= 4 is 6.08 Å². The molecule has 1 aromatic rings. The van der Waals surface area contributed by atoms with Crippen LogP contribution in [-0.2, 0) is 6.42 Å². The van der Waals surface area contributed by atoms with Gasteiger partial charge >= 0.3 is 0 Å². The molecular weight excluding hydrogens is 307 g/mol. The van der Waals surface area contributed by atoms with Gasteiger partial charge in [0.15, 0.2) is 0 Å². The predicted molar refractivity (Wildman–Crippen MR) is 106 cm³/mol. The Morgan fingerprint density at radius 1 is 1.04 bits per heavy atom. The summed E-state index contributed by atoms with van der Waals surface area (Å²) in [6, 6.07) is 6.51. The fourth-order valence-corrected chi connectivity index (χ4v) is 3.47. The Kier molecular flexibility index (Phi) is 5.03. The van der Waals surface area contributed by atoms with Crippen molar-refractivity contribution in [2.75, 3.05) is 0 Å². The number of benzene rings is 1. The maximum absolute atomic E-state index is 14.8. The van der Waals surface area contributed by atoms with Crippen molar-refractivity contribution in [3.05, 3.63) is 100.0 Å². The van der Waals surface area contributed by atoms with Crippen molar-refractivity contribution < 1.29 is 4.39 Å². The first-order chi connectivity index (χ1) is 11.9. The molecule has 1 heteroatoms. The molecule has 0 spiro atoms. The summed E-state index contributed by atoms with van der Waals surface area (Å²) in [6.45, 7) is 12.0. The molecule has 0 amide bonds. The SMILES string of the molecule is C=C(C)/C=C\C(=C)C1=CC(F)=C(C2=Cc3ccc(C)cc3CC2)CC1. The first-order valence-electron chi connectivity index (χ1n) is 8.86. The van der Waals surface area contributed by atoms with E-state index in [1.165, 1.54) is 16.7 Å². The summed E-state index contributed by atoms with van der Waals surface area (Å²) in [7, 11) is 0. The number of rotatable bonds is 4. The number of allylic oxidation sites excluding steroid dienone is 9. The third-order valence-corrected chi connectivity index (χ3v) is 4.89. The summed E-state index contributed by atoms with van der Waals surface area (Å²) in [5, 5.41) is 0. The quantitative estimate of drug-likeness (QED) is 0.523. The van der Waals surface area contributed by atoms with Crippen molar-refractivity contribution in [2.24, 2.45) is 0 Å². The van der Waals surface area contributed by atoms with Crippen LogP contribution >= 0.6 is 0 Å². The highest BCUT2D eigenvalue weighted by Gasteiger charge is 2.20. The molecule has 0 saturated heterocycles. The van der Waals surface area contributed by atoms with E-state index in [1.807, 2.05) is 19.1 Å². The molecule has 3 rings (SSSR count). The molecule has 0 fully saturated rings. The van der Waals surface area contributed by atoms with Crippen LogP contribution in [0.25, 0.3) is 6.08 Å². The summed E-state index contributed by atoms with van der Waals surface area (Å²) >= 11 is 0. The molecule has 2 aliphatic rings. The van der Waals surface area contributed by atoms with Gasteiger partial charge in [-0.05, 0) is 79.0 Å². The number of hydrogen-bond acceptors (Lipinski definition) is 0. The molecule has 0 atom stereocenters. The molecule has 2 aliphatic carbocycles. The molecule has 0 nitrogen and oxygen atoms in total. The minimum atomic E-state index is -0.104. The molecule has 0 saturated carbocycles. The average molecular weight is 332 g/mol. The third kappa shape index (κ3) is 3.99. The van der Waals surface area contributed by atoms with Crippen molar-refractivity contribution in [1.82, 2.24) is 0 Å². The van der Waals surface area contributed by atoms with Crippen LogP contribution < -0.4 is 0 Å². The van der Waals surface area contributed by atoms with Gasteiger partial charge in [0.1, 0.15) is 5.83 Å². The zero-order valence-electron chi connectivity index (χ0n) is 15.2. The molecule has 0 heterocycles. The van der Waals surface area contributed by atoms with Crippen LogP contribution in [0, 0.1) is 6.92 Å². The first kappa shape index (κ1) is 17.4. The van der Waals surface area contributed by atoms with Crippen LogP contribution in [0.15, 0.2) is 83.3 Å². The Hall–Kier alpha value is -2.41. The lowest BCUT2D eigenvalue weighted by atomic mass is 9.83. The first-order valence-corrected chi connectivity index (χ1v) is 8.86. The highest BCUT2D eigenvalue weighted by Crippen LogP contribution is 2.37. The van der Waals surface area contributed by atoms with Gasteiger partial charge in [0, 0.05) is 0 Å². The predicted octanol–water partition coefficient (Wildman–Crippen LogP) is 6.96. The molecule has 0 aliphatic heterocycles. The van der Waals surface area contributed by atoms with Gasteiger partial charge in [-0.1, -0.05) is 60.7 Å². The molecule has 1 aromatic carbocycles. The van der Waals surface area contributed by atoms with Gasteiger partial charge in [-0.15, -0.1) is 0 Å². The number of hydrogen-bond donors (Lipinski definition) is 0. The fraction of sp³-hybridized carbons (Fsp3) is 0.250. The van der Waals surface area contributed by atoms with E-state index in [2.05, 4.69) is 44.4 Å². The maximum Gasteiger partial charge on any atom is 0.126 e. The van der Waals surface area contributed by atoms with Crippen LogP contribution in [0.1, 0.15) is 42.9 Å². The smallest absolute Gasteiger partial charge is 0.126 e. The lowest BCUT2D eigenvalue weighted by molar-refractivity contribution is 0.632. The molecule has 0 N–H and O–H groups in total. The zero-order valence-corrected chi connectivity index (χ0v) is 15.2. The Morgan fingerprint density at radius 3 is 2.56 bits per heavy atom. The van der Waals surface area contributed by atoms with E-state index in [1.54, 1.807) is 6.08 Å². The van der Waals surface area contributed by atoms with Gasteiger partial charge < -0.3 is 0 Å². The molecule has 128 valence electrons. The number of halogens is 1. The molecular formula is C24H25F. The minimum absolute atomic E-state index is 0.104. The van der Waals surface area contributed by atoms with Crippen molar-refractivity contribution in [3.8, 4) is 0 Å². The molecule has 0 aromatic heterocycles. The summed E-state index contributed by atoms with van der Waals surface area (Å²) in [5.74, 6) is -0.104. The minimum Gasteiger partial charge on any atom is -0.207 e. The van der Waals surface area contributed by atoms with Crippen molar-refractivity contribution in [1.29, 1.82) is 0 Å². The van der Waals surface area contributed by atoms with Gasteiger partial charge in [-0.2, -0.15) is 0 Å². The largest absolute Gasteiger partial charge is 0.207 e. The number of fused-ring (bicyclic) bond motifs is 1. The van der Waals surface area contributed by atoms with Gasteiger partial charge in [-0.3, -0.25) is 0 Å². The Bertz CT molecular complexity index is 856. The fourth-order valence-electron chi connectivity index (χ4n) is 3.47. The highest BCUT2D eigenvalue weighted by molar-refractivity contribution is 5.66. The Morgan fingerprint density at radius 2 is 1.84 bits per heavy atom. The Labute approximate surface area is 150 Å².